The van der Waals surface area contributed by atoms with Crippen LogP contribution in [0.4, 0.5) is 0 Å². The first kappa shape index (κ1) is 11.2. The van der Waals surface area contributed by atoms with Crippen molar-refractivity contribution in [1.82, 2.24) is 15.3 Å². The van der Waals surface area contributed by atoms with E-state index in [0.717, 1.165) is 23.0 Å². The Morgan fingerprint density at radius 3 is 3.11 bits per heavy atom. The highest BCUT2D eigenvalue weighted by Gasteiger charge is 2.47. The highest BCUT2D eigenvalue weighted by atomic mass is 16.4. The Kier molecular flexibility index (Phi) is 2.56. The number of carbonyl (C=O) groups is 1. The van der Waals surface area contributed by atoms with Gasteiger partial charge in [-0.1, -0.05) is 6.07 Å². The molecule has 94 valence electrons. The van der Waals surface area contributed by atoms with Crippen LogP contribution >= 0.6 is 0 Å². The number of nitrogens with zero attached hydrogens (tertiary/aromatic N) is 1. The van der Waals surface area contributed by atoms with Gasteiger partial charge < -0.3 is 15.4 Å². The van der Waals surface area contributed by atoms with E-state index < -0.39 is 5.97 Å². The van der Waals surface area contributed by atoms with Crippen LogP contribution in [0.15, 0.2) is 24.5 Å². The Morgan fingerprint density at radius 2 is 2.44 bits per heavy atom. The van der Waals surface area contributed by atoms with Crippen molar-refractivity contribution >= 4 is 17.0 Å². The number of fused-ring (bicyclic) bond motifs is 1. The second-order valence-electron chi connectivity index (χ2n) is 4.79. The molecule has 0 bridgehead atoms. The van der Waals surface area contributed by atoms with Crippen LogP contribution in [0, 0.1) is 11.8 Å². The van der Waals surface area contributed by atoms with Crippen LogP contribution in [0.3, 0.4) is 0 Å². The Labute approximate surface area is 104 Å². The number of imidazole rings is 1. The number of carboxylic acid groups (broad SMARTS) is 1. The first-order valence-corrected chi connectivity index (χ1v) is 6.04. The van der Waals surface area contributed by atoms with Gasteiger partial charge in [-0.2, -0.15) is 0 Å². The molecule has 3 N–H and O–H groups in total. The summed E-state index contributed by atoms with van der Waals surface area (Å²) in [5, 5.41) is 12.2. The number of H-pyrrole nitrogens is 1. The molecule has 0 spiro atoms. The molecule has 1 aromatic carbocycles. The van der Waals surface area contributed by atoms with Crippen molar-refractivity contribution in [3.8, 4) is 0 Å². The Balaban J connectivity index is 1.89. The zero-order valence-corrected chi connectivity index (χ0v) is 10.1. The van der Waals surface area contributed by atoms with E-state index >= 15 is 0 Å². The molecule has 1 aliphatic carbocycles. The van der Waals surface area contributed by atoms with Crippen molar-refractivity contribution in [3.63, 3.8) is 0 Å². The van der Waals surface area contributed by atoms with E-state index in [9.17, 15) is 4.79 Å². The number of rotatable bonds is 4. The van der Waals surface area contributed by atoms with Crippen molar-refractivity contribution in [1.29, 1.82) is 0 Å². The average molecular weight is 245 g/mol. The van der Waals surface area contributed by atoms with Gasteiger partial charge in [0, 0.05) is 6.04 Å². The number of nitrogens with one attached hydrogen (secondary N) is 2. The maximum Gasteiger partial charge on any atom is 0.306 e. The SMILES string of the molecule is CNC(c1ccc2nc[nH]c2c1)C1CC1C(=O)O. The zero-order chi connectivity index (χ0) is 12.7. The van der Waals surface area contributed by atoms with Crippen LogP contribution in [0.2, 0.25) is 0 Å². The Bertz CT molecular complexity index is 593. The van der Waals surface area contributed by atoms with E-state index in [-0.39, 0.29) is 17.9 Å². The third-order valence-corrected chi connectivity index (χ3v) is 3.70. The van der Waals surface area contributed by atoms with Gasteiger partial charge in [0.05, 0.1) is 23.3 Å². The lowest BCUT2D eigenvalue weighted by Crippen LogP contribution is -2.20. The van der Waals surface area contributed by atoms with Gasteiger partial charge in [-0.3, -0.25) is 4.79 Å². The largest absolute Gasteiger partial charge is 0.481 e. The number of aliphatic carboxylic acids is 1. The van der Waals surface area contributed by atoms with Crippen LogP contribution in [-0.4, -0.2) is 28.1 Å². The maximum atomic E-state index is 11.0. The predicted molar refractivity (Wildman–Crippen MR) is 67.1 cm³/mol. The van der Waals surface area contributed by atoms with Gasteiger partial charge in [0.2, 0.25) is 0 Å². The molecular weight excluding hydrogens is 230 g/mol. The summed E-state index contributed by atoms with van der Waals surface area (Å²) in [5.74, 6) is -0.712. The van der Waals surface area contributed by atoms with Crippen molar-refractivity contribution in [2.45, 2.75) is 12.5 Å². The molecule has 0 saturated heterocycles. The normalized spacial score (nSPS) is 24.1. The summed E-state index contributed by atoms with van der Waals surface area (Å²) in [5.41, 5.74) is 3.03. The summed E-state index contributed by atoms with van der Waals surface area (Å²) < 4.78 is 0. The molecule has 1 saturated carbocycles. The molecule has 1 aromatic heterocycles. The molecule has 5 heteroatoms. The van der Waals surface area contributed by atoms with E-state index in [1.54, 1.807) is 6.33 Å². The van der Waals surface area contributed by atoms with Crippen LogP contribution in [0.1, 0.15) is 18.0 Å². The van der Waals surface area contributed by atoms with Crippen molar-refractivity contribution in [2.24, 2.45) is 11.8 Å². The van der Waals surface area contributed by atoms with E-state index in [2.05, 4.69) is 15.3 Å². The lowest BCUT2D eigenvalue weighted by atomic mass is 10.0. The minimum absolute atomic E-state index is 0.0961. The quantitative estimate of drug-likeness (QED) is 0.763. The summed E-state index contributed by atoms with van der Waals surface area (Å²) in [6.45, 7) is 0. The first-order valence-electron chi connectivity index (χ1n) is 6.04. The second kappa shape index (κ2) is 4.10. The summed E-state index contributed by atoms with van der Waals surface area (Å²) in [6.07, 6.45) is 2.42. The van der Waals surface area contributed by atoms with Crippen molar-refractivity contribution in [2.75, 3.05) is 7.05 Å². The Hall–Kier alpha value is -1.88. The molecule has 3 atom stereocenters. The van der Waals surface area contributed by atoms with E-state index in [0.29, 0.717) is 0 Å². The summed E-state index contributed by atoms with van der Waals surface area (Å²) in [4.78, 5) is 18.2. The van der Waals surface area contributed by atoms with E-state index in [1.165, 1.54) is 0 Å². The van der Waals surface area contributed by atoms with Crippen LogP contribution < -0.4 is 5.32 Å². The third kappa shape index (κ3) is 1.76. The third-order valence-electron chi connectivity index (χ3n) is 3.70. The van der Waals surface area contributed by atoms with Gasteiger partial charge in [-0.25, -0.2) is 4.98 Å². The van der Waals surface area contributed by atoms with Crippen molar-refractivity contribution in [3.05, 3.63) is 30.1 Å². The zero-order valence-electron chi connectivity index (χ0n) is 10.1. The van der Waals surface area contributed by atoms with Gasteiger partial charge in [-0.05, 0) is 37.1 Å². The molecule has 3 unspecified atom stereocenters. The molecule has 2 aromatic rings. The minimum atomic E-state index is -0.692. The van der Waals surface area contributed by atoms with Gasteiger partial charge in [0.15, 0.2) is 0 Å². The molecule has 3 rings (SSSR count). The molecule has 18 heavy (non-hydrogen) atoms. The molecule has 1 aliphatic rings. The van der Waals surface area contributed by atoms with Gasteiger partial charge in [-0.15, -0.1) is 0 Å². The Morgan fingerprint density at radius 1 is 1.61 bits per heavy atom. The predicted octanol–water partition coefficient (Wildman–Crippen LogP) is 1.54. The highest BCUT2D eigenvalue weighted by molar-refractivity contribution is 5.76. The van der Waals surface area contributed by atoms with Gasteiger partial charge in [0.25, 0.3) is 0 Å². The number of hydrogen-bond acceptors (Lipinski definition) is 3. The molecule has 0 amide bonds. The minimum Gasteiger partial charge on any atom is -0.481 e. The molecule has 1 fully saturated rings. The number of hydrogen-bond donors (Lipinski definition) is 3. The summed E-state index contributed by atoms with van der Waals surface area (Å²) in [7, 11) is 1.87. The fourth-order valence-electron chi connectivity index (χ4n) is 2.64. The fraction of sp³-hybridized carbons (Fsp3) is 0.385. The number of benzene rings is 1. The standard InChI is InChI=1S/C13H15N3O2/c1-14-12(8-5-9(8)13(17)18)7-2-3-10-11(4-7)16-6-15-10/h2-4,6,8-9,12,14H,5H2,1H3,(H,15,16)(H,17,18). The topological polar surface area (TPSA) is 78.0 Å². The number of carboxylic acids is 1. The molecule has 0 radical (unpaired) electrons. The fourth-order valence-corrected chi connectivity index (χ4v) is 2.64. The maximum absolute atomic E-state index is 11.0. The number of aromatic amines is 1. The summed E-state index contributed by atoms with van der Waals surface area (Å²) in [6, 6.07) is 6.12. The lowest BCUT2D eigenvalue weighted by molar-refractivity contribution is -0.138. The van der Waals surface area contributed by atoms with Crippen LogP contribution in [0.25, 0.3) is 11.0 Å². The van der Waals surface area contributed by atoms with Gasteiger partial charge >= 0.3 is 5.97 Å². The van der Waals surface area contributed by atoms with Crippen LogP contribution in [-0.2, 0) is 4.79 Å². The summed E-state index contributed by atoms with van der Waals surface area (Å²) >= 11 is 0. The average Bonchev–Trinajstić information content (AvgIpc) is 3.00. The lowest BCUT2D eigenvalue weighted by Gasteiger charge is -2.16. The van der Waals surface area contributed by atoms with Gasteiger partial charge in [0.1, 0.15) is 0 Å². The molecule has 0 aliphatic heterocycles. The van der Waals surface area contributed by atoms with Crippen molar-refractivity contribution < 1.29 is 9.90 Å². The van der Waals surface area contributed by atoms with E-state index in [4.69, 9.17) is 5.11 Å². The first-order chi connectivity index (χ1) is 8.70. The van der Waals surface area contributed by atoms with Crippen LogP contribution in [0.5, 0.6) is 0 Å². The number of aromatic nitrogens is 2. The highest BCUT2D eigenvalue weighted by Crippen LogP contribution is 2.47. The molecule has 1 heterocycles. The molecule has 5 nitrogen and oxygen atoms in total. The smallest absolute Gasteiger partial charge is 0.306 e. The molecular formula is C13H15N3O2. The second-order valence-corrected chi connectivity index (χ2v) is 4.79. The van der Waals surface area contributed by atoms with E-state index in [1.807, 2.05) is 25.2 Å². The monoisotopic (exact) mass is 245 g/mol.